The van der Waals surface area contributed by atoms with Crippen molar-refractivity contribution in [3.63, 3.8) is 0 Å². The first-order valence-corrected chi connectivity index (χ1v) is 8.63. The number of carbonyl (C=O) groups excluding carboxylic acids is 1. The molecule has 0 saturated carbocycles. The Balaban J connectivity index is 2.04. The predicted octanol–water partition coefficient (Wildman–Crippen LogP) is 1.33. The Morgan fingerprint density at radius 2 is 1.92 bits per heavy atom. The average molecular weight is 474 g/mol. The highest BCUT2D eigenvalue weighted by Crippen LogP contribution is 2.18. The number of aromatic nitrogens is 4. The zero-order valence-electron chi connectivity index (χ0n) is 13.3. The third-order valence-corrected chi connectivity index (χ3v) is 4.98. The van der Waals surface area contributed by atoms with E-state index in [1.165, 1.54) is 23.2 Å². The van der Waals surface area contributed by atoms with E-state index in [-0.39, 0.29) is 28.9 Å². The van der Waals surface area contributed by atoms with Gasteiger partial charge < -0.3 is 5.32 Å². The third-order valence-electron chi connectivity index (χ3n) is 3.75. The van der Waals surface area contributed by atoms with Crippen molar-refractivity contribution in [1.82, 2.24) is 18.7 Å². The molecule has 1 N–H and O–H groups in total. The summed E-state index contributed by atoms with van der Waals surface area (Å²) in [5.41, 5.74) is -0.164. The van der Waals surface area contributed by atoms with E-state index < -0.39 is 11.2 Å². The number of aryl methyl sites for hydroxylation is 1. The van der Waals surface area contributed by atoms with Crippen LogP contribution < -0.4 is 16.6 Å². The molecule has 1 amide bonds. The molecule has 25 heavy (non-hydrogen) atoms. The van der Waals surface area contributed by atoms with Crippen LogP contribution in [0.15, 0.2) is 33.9 Å². The van der Waals surface area contributed by atoms with E-state index in [9.17, 15) is 14.4 Å². The summed E-state index contributed by atoms with van der Waals surface area (Å²) in [7, 11) is 2.85. The Kier molecular flexibility index (Phi) is 4.69. The monoisotopic (exact) mass is 473 g/mol. The summed E-state index contributed by atoms with van der Waals surface area (Å²) in [4.78, 5) is 40.8. The van der Waals surface area contributed by atoms with Crippen molar-refractivity contribution in [2.45, 2.75) is 6.54 Å². The molecule has 3 rings (SSSR count). The minimum Gasteiger partial charge on any atom is -0.324 e. The number of benzene rings is 1. The number of amides is 1. The first-order chi connectivity index (χ1) is 11.8. The van der Waals surface area contributed by atoms with E-state index in [0.29, 0.717) is 5.69 Å². The van der Waals surface area contributed by atoms with Crippen LogP contribution in [0.2, 0.25) is 5.28 Å². The van der Waals surface area contributed by atoms with Crippen molar-refractivity contribution in [3.05, 3.63) is 54.0 Å². The van der Waals surface area contributed by atoms with Crippen LogP contribution in [0.1, 0.15) is 0 Å². The molecule has 0 aliphatic heterocycles. The lowest BCUT2D eigenvalue weighted by Gasteiger charge is -2.09. The maximum absolute atomic E-state index is 12.4. The molecule has 0 bridgehead atoms. The van der Waals surface area contributed by atoms with Crippen molar-refractivity contribution in [2.24, 2.45) is 14.1 Å². The molecule has 3 aromatic rings. The molecule has 0 saturated heterocycles. The van der Waals surface area contributed by atoms with Crippen LogP contribution >= 0.6 is 34.2 Å². The molecule has 10 heteroatoms. The Labute approximate surface area is 160 Å². The quantitative estimate of drug-likeness (QED) is 0.459. The molecule has 0 fully saturated rings. The second kappa shape index (κ2) is 6.64. The normalized spacial score (nSPS) is 11.0. The molecule has 0 spiro atoms. The molecule has 1 aromatic carbocycles. The number of anilines is 1. The van der Waals surface area contributed by atoms with Gasteiger partial charge in [-0.1, -0.05) is 12.1 Å². The number of nitrogens with one attached hydrogen (secondary N) is 1. The van der Waals surface area contributed by atoms with Gasteiger partial charge in [-0.2, -0.15) is 4.98 Å². The van der Waals surface area contributed by atoms with Crippen LogP contribution in [0.4, 0.5) is 5.69 Å². The average Bonchev–Trinajstić information content (AvgIpc) is 2.90. The SMILES string of the molecule is Cn1c(=O)c2c(nc(Cl)n2CC(=O)Nc2ccccc2I)n(C)c1=O. The Morgan fingerprint density at radius 3 is 2.60 bits per heavy atom. The summed E-state index contributed by atoms with van der Waals surface area (Å²) in [5, 5.41) is 2.73. The minimum atomic E-state index is -0.556. The fourth-order valence-corrected chi connectivity index (χ4v) is 3.21. The van der Waals surface area contributed by atoms with Crippen LogP contribution in [-0.2, 0) is 25.4 Å². The molecule has 0 radical (unpaired) electrons. The minimum absolute atomic E-state index is 0.0359. The van der Waals surface area contributed by atoms with Crippen molar-refractivity contribution in [2.75, 3.05) is 5.32 Å². The molecule has 0 atom stereocenters. The highest BCUT2D eigenvalue weighted by molar-refractivity contribution is 14.1. The van der Waals surface area contributed by atoms with Crippen LogP contribution in [0.3, 0.4) is 0 Å². The van der Waals surface area contributed by atoms with E-state index in [4.69, 9.17) is 11.6 Å². The van der Waals surface area contributed by atoms with Gasteiger partial charge in [-0.15, -0.1) is 0 Å². The summed E-state index contributed by atoms with van der Waals surface area (Å²) < 4.78 is 4.35. The van der Waals surface area contributed by atoms with E-state index >= 15 is 0 Å². The van der Waals surface area contributed by atoms with E-state index in [1.807, 2.05) is 18.2 Å². The number of para-hydroxylation sites is 1. The van der Waals surface area contributed by atoms with Gasteiger partial charge in [0, 0.05) is 17.7 Å². The van der Waals surface area contributed by atoms with E-state index in [1.54, 1.807) is 6.07 Å². The maximum atomic E-state index is 12.4. The molecule has 2 aromatic heterocycles. The van der Waals surface area contributed by atoms with E-state index in [0.717, 1.165) is 8.14 Å². The Morgan fingerprint density at radius 1 is 1.24 bits per heavy atom. The lowest BCUT2D eigenvalue weighted by atomic mass is 10.3. The zero-order valence-corrected chi connectivity index (χ0v) is 16.2. The molecular weight excluding hydrogens is 461 g/mol. The second-order valence-corrected chi connectivity index (χ2v) is 6.87. The van der Waals surface area contributed by atoms with Crippen LogP contribution in [0.25, 0.3) is 11.2 Å². The second-order valence-electron chi connectivity index (χ2n) is 5.37. The number of hydrogen-bond acceptors (Lipinski definition) is 4. The zero-order chi connectivity index (χ0) is 18.3. The number of imidazole rings is 1. The van der Waals surface area contributed by atoms with Gasteiger partial charge >= 0.3 is 5.69 Å². The summed E-state index contributed by atoms with van der Waals surface area (Å²) in [5.74, 6) is -0.360. The molecule has 0 aliphatic carbocycles. The van der Waals surface area contributed by atoms with Crippen molar-refractivity contribution >= 4 is 57.0 Å². The number of carbonyl (C=O) groups is 1. The summed E-state index contributed by atoms with van der Waals surface area (Å²) >= 11 is 8.21. The first kappa shape index (κ1) is 17.7. The van der Waals surface area contributed by atoms with Crippen molar-refractivity contribution in [3.8, 4) is 0 Å². The highest BCUT2D eigenvalue weighted by atomic mass is 127. The molecule has 8 nitrogen and oxygen atoms in total. The van der Waals surface area contributed by atoms with Crippen molar-refractivity contribution < 1.29 is 4.79 Å². The largest absolute Gasteiger partial charge is 0.332 e. The first-order valence-electron chi connectivity index (χ1n) is 7.17. The molecule has 0 aliphatic rings. The number of halogens is 2. The molecular formula is C15H13ClIN5O3. The summed E-state index contributed by atoms with van der Waals surface area (Å²) in [6.07, 6.45) is 0. The van der Waals surface area contributed by atoms with Gasteiger partial charge in [-0.3, -0.25) is 23.3 Å². The summed E-state index contributed by atoms with van der Waals surface area (Å²) in [6, 6.07) is 7.31. The topological polar surface area (TPSA) is 90.9 Å². The van der Waals surface area contributed by atoms with Gasteiger partial charge in [0.25, 0.3) is 5.56 Å². The Bertz CT molecular complexity index is 1110. The van der Waals surface area contributed by atoms with Gasteiger partial charge in [0.2, 0.25) is 11.2 Å². The van der Waals surface area contributed by atoms with Crippen LogP contribution in [0, 0.1) is 3.57 Å². The van der Waals surface area contributed by atoms with Gasteiger partial charge in [-0.05, 0) is 46.3 Å². The standard InChI is InChI=1S/C15H13ClIN5O3/c1-20-12-11(13(24)21(2)15(20)25)22(14(16)19-12)7-10(23)18-9-6-4-3-5-8(9)17/h3-6H,7H2,1-2H3,(H,18,23). The lowest BCUT2D eigenvalue weighted by Crippen LogP contribution is -2.37. The van der Waals surface area contributed by atoms with Crippen molar-refractivity contribution in [1.29, 1.82) is 0 Å². The van der Waals surface area contributed by atoms with Gasteiger partial charge in [0.1, 0.15) is 6.54 Å². The smallest absolute Gasteiger partial charge is 0.324 e. The lowest BCUT2D eigenvalue weighted by molar-refractivity contribution is -0.116. The predicted molar refractivity (Wildman–Crippen MR) is 103 cm³/mol. The number of rotatable bonds is 3. The number of hydrogen-bond donors (Lipinski definition) is 1. The molecule has 2 heterocycles. The number of fused-ring (bicyclic) bond motifs is 1. The molecule has 0 unspecified atom stereocenters. The molecule has 130 valence electrons. The number of nitrogens with zero attached hydrogens (tertiary/aromatic N) is 4. The Hall–Kier alpha value is -2.14. The van der Waals surface area contributed by atoms with Gasteiger partial charge in [-0.25, -0.2) is 4.79 Å². The van der Waals surface area contributed by atoms with Gasteiger partial charge in [0.05, 0.1) is 5.69 Å². The highest BCUT2D eigenvalue weighted by Gasteiger charge is 2.20. The fraction of sp³-hybridized carbons (Fsp3) is 0.200. The summed E-state index contributed by atoms with van der Waals surface area (Å²) in [6.45, 7) is -0.201. The van der Waals surface area contributed by atoms with Gasteiger partial charge in [0.15, 0.2) is 11.2 Å². The van der Waals surface area contributed by atoms with Crippen LogP contribution in [-0.4, -0.2) is 24.6 Å². The third kappa shape index (κ3) is 3.09. The van der Waals surface area contributed by atoms with Crippen LogP contribution in [0.5, 0.6) is 0 Å². The fourth-order valence-electron chi connectivity index (χ4n) is 2.46. The maximum Gasteiger partial charge on any atom is 0.332 e. The van der Waals surface area contributed by atoms with E-state index in [2.05, 4.69) is 32.9 Å².